The van der Waals surface area contributed by atoms with Gasteiger partial charge in [0, 0.05) is 5.56 Å². The SMILES string of the molecule is COc1ccc(C(=O)/C([O-])=N/[N+](C)(C)CC(C)O)cc1. The van der Waals surface area contributed by atoms with Crippen molar-refractivity contribution >= 4 is 11.7 Å². The lowest BCUT2D eigenvalue weighted by molar-refractivity contribution is -0.900. The predicted octanol–water partition coefficient (Wildman–Crippen LogP) is 0.00890. The molecule has 0 aliphatic heterocycles. The summed E-state index contributed by atoms with van der Waals surface area (Å²) in [6, 6.07) is 6.25. The van der Waals surface area contributed by atoms with Gasteiger partial charge < -0.3 is 14.9 Å². The van der Waals surface area contributed by atoms with Crippen LogP contribution in [-0.2, 0) is 0 Å². The maximum absolute atomic E-state index is 12.0. The Morgan fingerprint density at radius 1 is 1.40 bits per heavy atom. The molecule has 1 unspecified atom stereocenters. The molecule has 20 heavy (non-hydrogen) atoms. The van der Waals surface area contributed by atoms with Crippen molar-refractivity contribution in [2.75, 3.05) is 27.7 Å². The van der Waals surface area contributed by atoms with E-state index in [0.29, 0.717) is 5.75 Å². The number of hydrogen-bond donors (Lipinski definition) is 1. The lowest BCUT2D eigenvalue weighted by Gasteiger charge is -2.26. The number of nitrogens with zero attached hydrogens (tertiary/aromatic N) is 2. The Bertz CT molecular complexity index is 492. The molecule has 0 heterocycles. The summed E-state index contributed by atoms with van der Waals surface area (Å²) in [6.07, 6.45) is -0.613. The topological polar surface area (TPSA) is 82.0 Å². The molecule has 0 aliphatic rings. The van der Waals surface area contributed by atoms with E-state index in [1.807, 2.05) is 0 Å². The van der Waals surface area contributed by atoms with Gasteiger partial charge >= 0.3 is 0 Å². The summed E-state index contributed by atoms with van der Waals surface area (Å²) in [5.74, 6) is -0.901. The van der Waals surface area contributed by atoms with Gasteiger partial charge in [-0.2, -0.15) is 0 Å². The van der Waals surface area contributed by atoms with Crippen LogP contribution in [0.5, 0.6) is 5.75 Å². The Balaban J connectivity index is 2.89. The highest BCUT2D eigenvalue weighted by Gasteiger charge is 2.19. The molecule has 6 heteroatoms. The molecule has 0 spiro atoms. The maximum atomic E-state index is 12.0. The van der Waals surface area contributed by atoms with Gasteiger partial charge in [-0.1, -0.05) is 5.10 Å². The van der Waals surface area contributed by atoms with Gasteiger partial charge in [-0.15, -0.1) is 0 Å². The number of likely N-dealkylation sites (N-methyl/N-ethyl adjacent to an activating group) is 1. The van der Waals surface area contributed by atoms with E-state index in [2.05, 4.69) is 5.10 Å². The third-order valence-corrected chi connectivity index (χ3v) is 2.62. The molecule has 1 N–H and O–H groups in total. The molecule has 6 nitrogen and oxygen atoms in total. The summed E-state index contributed by atoms with van der Waals surface area (Å²) in [5.41, 5.74) is 0.261. The van der Waals surface area contributed by atoms with Crippen LogP contribution in [0.1, 0.15) is 17.3 Å². The molecule has 0 saturated carbocycles. The molecular formula is C14H20N2O4. The van der Waals surface area contributed by atoms with E-state index in [4.69, 9.17) is 4.74 Å². The fourth-order valence-electron chi connectivity index (χ4n) is 1.84. The Labute approximate surface area is 118 Å². The summed E-state index contributed by atoms with van der Waals surface area (Å²) >= 11 is 0. The Morgan fingerprint density at radius 2 is 1.95 bits per heavy atom. The molecule has 0 aromatic heterocycles. The number of aliphatic hydroxyl groups excluding tert-OH is 1. The van der Waals surface area contributed by atoms with Gasteiger partial charge in [-0.25, -0.2) is 4.59 Å². The van der Waals surface area contributed by atoms with Crippen LogP contribution in [0.2, 0.25) is 0 Å². The van der Waals surface area contributed by atoms with Gasteiger partial charge in [0.15, 0.2) is 0 Å². The summed E-state index contributed by atoms with van der Waals surface area (Å²) in [5, 5.41) is 25.0. The first-order chi connectivity index (χ1) is 9.25. The molecule has 0 aliphatic carbocycles. The van der Waals surface area contributed by atoms with Gasteiger partial charge in [0.25, 0.3) is 0 Å². The molecule has 0 fully saturated rings. The van der Waals surface area contributed by atoms with Gasteiger partial charge in [-0.3, -0.25) is 4.79 Å². The van der Waals surface area contributed by atoms with Crippen LogP contribution in [0.15, 0.2) is 29.4 Å². The van der Waals surface area contributed by atoms with Crippen molar-refractivity contribution in [3.8, 4) is 5.75 Å². The van der Waals surface area contributed by atoms with Crippen LogP contribution < -0.4 is 9.84 Å². The molecule has 0 bridgehead atoms. The Kier molecular flexibility index (Phi) is 5.24. The fourth-order valence-corrected chi connectivity index (χ4v) is 1.84. The minimum absolute atomic E-state index is 0.0988. The Morgan fingerprint density at radius 3 is 2.40 bits per heavy atom. The first-order valence-electron chi connectivity index (χ1n) is 6.22. The van der Waals surface area contributed by atoms with Gasteiger partial charge in [0.05, 0.1) is 27.1 Å². The standard InChI is InChI=1S/C14H20N2O4/c1-10(17)9-16(2,3)15-14(19)13(18)11-5-7-12(20-4)8-6-11/h5-8,10,17H,9H2,1-4H3. The summed E-state index contributed by atoms with van der Waals surface area (Å²) in [7, 11) is 4.81. The molecule has 0 radical (unpaired) electrons. The molecule has 1 rings (SSSR count). The van der Waals surface area contributed by atoms with Gasteiger partial charge in [0.1, 0.15) is 18.4 Å². The van der Waals surface area contributed by atoms with Crippen LogP contribution in [0, 0.1) is 0 Å². The van der Waals surface area contributed by atoms with Crippen molar-refractivity contribution in [1.82, 2.24) is 0 Å². The average Bonchev–Trinajstić information content (AvgIpc) is 2.35. The zero-order chi connectivity index (χ0) is 15.3. The van der Waals surface area contributed by atoms with E-state index in [1.54, 1.807) is 33.2 Å². The minimum Gasteiger partial charge on any atom is -0.852 e. The van der Waals surface area contributed by atoms with Crippen molar-refractivity contribution in [3.63, 3.8) is 0 Å². The van der Waals surface area contributed by atoms with E-state index in [-0.39, 0.29) is 16.7 Å². The first-order valence-corrected chi connectivity index (χ1v) is 6.22. The van der Waals surface area contributed by atoms with Crippen LogP contribution in [0.25, 0.3) is 0 Å². The van der Waals surface area contributed by atoms with Crippen molar-refractivity contribution in [2.45, 2.75) is 13.0 Å². The summed E-state index contributed by atoms with van der Waals surface area (Å²) in [4.78, 5) is 12.0. The smallest absolute Gasteiger partial charge is 0.201 e. The average molecular weight is 280 g/mol. The third kappa shape index (κ3) is 4.64. The quantitative estimate of drug-likeness (QED) is 0.262. The number of rotatable bonds is 6. The number of aliphatic hydroxyl groups is 1. The number of hydrogen-bond acceptors (Lipinski definition) is 5. The molecule has 0 amide bonds. The van der Waals surface area contributed by atoms with Crippen LogP contribution in [0.4, 0.5) is 0 Å². The molecule has 110 valence electrons. The first kappa shape index (κ1) is 16.1. The third-order valence-electron chi connectivity index (χ3n) is 2.62. The molecule has 1 atom stereocenters. The molecule has 1 aromatic rings. The maximum Gasteiger partial charge on any atom is 0.201 e. The Hall–Kier alpha value is -1.92. The van der Waals surface area contributed by atoms with Crippen LogP contribution >= 0.6 is 0 Å². The number of ether oxygens (including phenoxy) is 1. The lowest BCUT2D eigenvalue weighted by Crippen LogP contribution is -2.43. The summed E-state index contributed by atoms with van der Waals surface area (Å²) in [6.45, 7) is 1.85. The van der Waals surface area contributed by atoms with Crippen molar-refractivity contribution in [3.05, 3.63) is 29.8 Å². The minimum atomic E-state index is -0.833. The van der Waals surface area contributed by atoms with Crippen molar-refractivity contribution < 1.29 is 24.3 Å². The lowest BCUT2D eigenvalue weighted by atomic mass is 10.1. The summed E-state index contributed by atoms with van der Waals surface area (Å²) < 4.78 is 4.88. The fraction of sp³-hybridized carbons (Fsp3) is 0.429. The van der Waals surface area contributed by atoms with E-state index in [1.165, 1.54) is 19.2 Å². The van der Waals surface area contributed by atoms with Crippen molar-refractivity contribution in [2.24, 2.45) is 5.10 Å². The van der Waals surface area contributed by atoms with Crippen LogP contribution in [0.3, 0.4) is 0 Å². The molecule has 1 aromatic carbocycles. The van der Waals surface area contributed by atoms with E-state index >= 15 is 0 Å². The highest BCUT2D eigenvalue weighted by Crippen LogP contribution is 2.12. The number of carbonyl (C=O) groups is 1. The van der Waals surface area contributed by atoms with Crippen molar-refractivity contribution in [1.29, 1.82) is 0 Å². The second kappa shape index (κ2) is 6.49. The number of benzene rings is 1. The van der Waals surface area contributed by atoms with Gasteiger partial charge in [0.2, 0.25) is 5.78 Å². The van der Waals surface area contributed by atoms with Crippen LogP contribution in [-0.4, -0.2) is 55.2 Å². The number of methoxy groups -OCH3 is 1. The monoisotopic (exact) mass is 280 g/mol. The predicted molar refractivity (Wildman–Crippen MR) is 73.4 cm³/mol. The van der Waals surface area contributed by atoms with E-state index in [0.717, 1.165) is 0 Å². The highest BCUT2D eigenvalue weighted by molar-refractivity contribution is 6.41. The number of ketones is 1. The normalized spacial score (nSPS) is 13.9. The zero-order valence-corrected chi connectivity index (χ0v) is 12.2. The molecular weight excluding hydrogens is 260 g/mol. The van der Waals surface area contributed by atoms with Gasteiger partial charge in [-0.05, 0) is 31.2 Å². The second-order valence-electron chi connectivity index (χ2n) is 5.12. The largest absolute Gasteiger partial charge is 0.852 e. The number of Topliss-reactive ketones (excluding diaryl/α,β-unsaturated/α-hetero) is 1. The number of quaternary nitrogens is 1. The van der Waals surface area contributed by atoms with E-state index in [9.17, 15) is 15.0 Å². The highest BCUT2D eigenvalue weighted by atomic mass is 16.5. The zero-order valence-electron chi connectivity index (χ0n) is 12.2. The second-order valence-corrected chi connectivity index (χ2v) is 5.12. The van der Waals surface area contributed by atoms with E-state index < -0.39 is 17.8 Å². The molecule has 0 saturated heterocycles. The number of carbonyl (C=O) groups excluding carboxylic acids is 1.